The van der Waals surface area contributed by atoms with Crippen molar-refractivity contribution in [3.63, 3.8) is 0 Å². The number of nitrogens with zero attached hydrogens (tertiary/aromatic N) is 4. The first kappa shape index (κ1) is 13.2. The molecule has 0 aliphatic heterocycles. The van der Waals surface area contributed by atoms with Crippen LogP contribution in [0.4, 0.5) is 0 Å². The van der Waals surface area contributed by atoms with Crippen LogP contribution in [0.3, 0.4) is 0 Å². The summed E-state index contributed by atoms with van der Waals surface area (Å²) in [5.41, 5.74) is 2.26. The van der Waals surface area contributed by atoms with Crippen molar-refractivity contribution in [3.05, 3.63) is 28.5 Å². The molecular formula is C12H19N5S. The Labute approximate surface area is 111 Å². The predicted molar refractivity (Wildman–Crippen MR) is 72.6 cm³/mol. The van der Waals surface area contributed by atoms with Gasteiger partial charge in [0.1, 0.15) is 0 Å². The number of rotatable bonds is 6. The van der Waals surface area contributed by atoms with E-state index in [2.05, 4.69) is 33.8 Å². The standard InChI is InChI=1S/C12H19N5S/c1-4-6-9-12(18-16-15-9)11(13-5-2)10-7-8-14-17(10)3/h7-8,11,13H,4-6H2,1-3H3. The van der Waals surface area contributed by atoms with E-state index in [0.29, 0.717) is 0 Å². The van der Waals surface area contributed by atoms with Crippen molar-refractivity contribution in [1.29, 1.82) is 0 Å². The van der Waals surface area contributed by atoms with E-state index in [-0.39, 0.29) is 6.04 Å². The third-order valence-corrected chi connectivity index (χ3v) is 3.73. The van der Waals surface area contributed by atoms with Crippen molar-refractivity contribution in [2.45, 2.75) is 32.7 Å². The molecule has 2 aromatic rings. The van der Waals surface area contributed by atoms with E-state index in [0.717, 1.165) is 30.8 Å². The highest BCUT2D eigenvalue weighted by Gasteiger charge is 2.22. The van der Waals surface area contributed by atoms with Crippen LogP contribution in [0, 0.1) is 0 Å². The van der Waals surface area contributed by atoms with Crippen LogP contribution >= 0.6 is 11.5 Å². The number of hydrogen-bond donors (Lipinski definition) is 1. The van der Waals surface area contributed by atoms with Crippen LogP contribution in [0.15, 0.2) is 12.3 Å². The molecule has 0 amide bonds. The molecule has 0 fully saturated rings. The zero-order valence-corrected chi connectivity index (χ0v) is 11.9. The van der Waals surface area contributed by atoms with E-state index < -0.39 is 0 Å². The maximum atomic E-state index is 4.25. The Morgan fingerprint density at radius 3 is 2.89 bits per heavy atom. The second kappa shape index (κ2) is 6.06. The summed E-state index contributed by atoms with van der Waals surface area (Å²) in [5, 5.41) is 12.0. The molecule has 0 aromatic carbocycles. The van der Waals surface area contributed by atoms with Gasteiger partial charge < -0.3 is 5.32 Å². The molecule has 6 heteroatoms. The molecule has 0 aliphatic rings. The molecule has 2 aromatic heterocycles. The zero-order chi connectivity index (χ0) is 13.0. The Kier molecular flexibility index (Phi) is 4.43. The third kappa shape index (κ3) is 2.59. The van der Waals surface area contributed by atoms with Crippen LogP contribution in [0.1, 0.15) is 42.6 Å². The minimum Gasteiger partial charge on any atom is -0.304 e. The van der Waals surface area contributed by atoms with Gasteiger partial charge in [-0.15, -0.1) is 5.10 Å². The van der Waals surface area contributed by atoms with E-state index in [1.165, 1.54) is 16.4 Å². The van der Waals surface area contributed by atoms with Crippen LogP contribution in [0.5, 0.6) is 0 Å². The molecule has 0 aliphatic carbocycles. The summed E-state index contributed by atoms with van der Waals surface area (Å²) in [6.45, 7) is 5.17. The molecule has 18 heavy (non-hydrogen) atoms. The van der Waals surface area contributed by atoms with E-state index in [9.17, 15) is 0 Å². The van der Waals surface area contributed by atoms with E-state index in [1.54, 1.807) is 0 Å². The lowest BCUT2D eigenvalue weighted by molar-refractivity contribution is 0.574. The molecule has 1 atom stereocenters. The van der Waals surface area contributed by atoms with Gasteiger partial charge >= 0.3 is 0 Å². The lowest BCUT2D eigenvalue weighted by Crippen LogP contribution is -2.24. The van der Waals surface area contributed by atoms with Crippen LogP contribution in [0.25, 0.3) is 0 Å². The number of nitrogens with one attached hydrogen (secondary N) is 1. The van der Waals surface area contributed by atoms with Crippen molar-refractivity contribution >= 4 is 11.5 Å². The van der Waals surface area contributed by atoms with Crippen LogP contribution < -0.4 is 5.32 Å². The molecule has 2 heterocycles. The average Bonchev–Trinajstić information content (AvgIpc) is 2.96. The maximum absolute atomic E-state index is 4.25. The molecule has 1 unspecified atom stereocenters. The molecule has 0 bridgehead atoms. The summed E-state index contributed by atoms with van der Waals surface area (Å²) in [7, 11) is 1.97. The average molecular weight is 265 g/mol. The van der Waals surface area contributed by atoms with E-state index in [1.807, 2.05) is 24.0 Å². The SMILES string of the molecule is CCCc1nnsc1C(NCC)c1ccnn1C. The van der Waals surface area contributed by atoms with Crippen LogP contribution in [0.2, 0.25) is 0 Å². The summed E-state index contributed by atoms with van der Waals surface area (Å²) >= 11 is 1.48. The Morgan fingerprint density at radius 1 is 1.44 bits per heavy atom. The van der Waals surface area contributed by atoms with Crippen LogP contribution in [-0.4, -0.2) is 25.9 Å². The summed E-state index contributed by atoms with van der Waals surface area (Å²) in [6, 6.07) is 2.19. The predicted octanol–water partition coefficient (Wildman–Crippen LogP) is 1.92. The monoisotopic (exact) mass is 265 g/mol. The number of aromatic nitrogens is 4. The highest BCUT2D eigenvalue weighted by atomic mass is 32.1. The Hall–Kier alpha value is -1.27. The summed E-state index contributed by atoms with van der Waals surface area (Å²) < 4.78 is 6.01. The van der Waals surface area contributed by atoms with Crippen molar-refractivity contribution in [1.82, 2.24) is 24.7 Å². The smallest absolute Gasteiger partial charge is 0.0876 e. The lowest BCUT2D eigenvalue weighted by atomic mass is 10.1. The van der Waals surface area contributed by atoms with Gasteiger partial charge in [0.15, 0.2) is 0 Å². The van der Waals surface area contributed by atoms with Gasteiger partial charge in [0.05, 0.1) is 22.3 Å². The molecule has 0 radical (unpaired) electrons. The Balaban J connectivity index is 2.35. The fourth-order valence-corrected chi connectivity index (χ4v) is 2.83. The second-order valence-corrected chi connectivity index (χ2v) is 4.99. The minimum atomic E-state index is 0.143. The lowest BCUT2D eigenvalue weighted by Gasteiger charge is -2.17. The van der Waals surface area contributed by atoms with Gasteiger partial charge in [0.25, 0.3) is 0 Å². The Bertz CT molecular complexity index is 490. The van der Waals surface area contributed by atoms with E-state index in [4.69, 9.17) is 0 Å². The zero-order valence-electron chi connectivity index (χ0n) is 11.1. The number of aryl methyl sites for hydroxylation is 2. The summed E-state index contributed by atoms with van der Waals surface area (Å²) in [6.07, 6.45) is 3.89. The molecule has 0 saturated heterocycles. The van der Waals surface area contributed by atoms with Crippen molar-refractivity contribution in [2.75, 3.05) is 6.54 Å². The molecule has 1 N–H and O–H groups in total. The van der Waals surface area contributed by atoms with Gasteiger partial charge in [0, 0.05) is 13.2 Å². The van der Waals surface area contributed by atoms with Gasteiger partial charge in [-0.05, 0) is 30.6 Å². The minimum absolute atomic E-state index is 0.143. The fraction of sp³-hybridized carbons (Fsp3) is 0.583. The van der Waals surface area contributed by atoms with Crippen molar-refractivity contribution < 1.29 is 0 Å². The maximum Gasteiger partial charge on any atom is 0.0876 e. The van der Waals surface area contributed by atoms with Gasteiger partial charge in [-0.25, -0.2) is 0 Å². The van der Waals surface area contributed by atoms with Crippen LogP contribution in [-0.2, 0) is 13.5 Å². The molecule has 5 nitrogen and oxygen atoms in total. The molecular weight excluding hydrogens is 246 g/mol. The highest BCUT2D eigenvalue weighted by Crippen LogP contribution is 2.27. The third-order valence-electron chi connectivity index (χ3n) is 2.90. The largest absolute Gasteiger partial charge is 0.304 e. The first-order chi connectivity index (χ1) is 8.77. The molecule has 0 saturated carbocycles. The van der Waals surface area contributed by atoms with Gasteiger partial charge in [-0.2, -0.15) is 5.10 Å². The van der Waals surface area contributed by atoms with Gasteiger partial charge in [-0.3, -0.25) is 4.68 Å². The van der Waals surface area contributed by atoms with Crippen molar-refractivity contribution in [2.24, 2.45) is 7.05 Å². The number of hydrogen-bond acceptors (Lipinski definition) is 5. The van der Waals surface area contributed by atoms with Gasteiger partial charge in [0.2, 0.25) is 0 Å². The first-order valence-corrected chi connectivity index (χ1v) is 7.07. The molecule has 98 valence electrons. The fourth-order valence-electron chi connectivity index (χ4n) is 2.05. The van der Waals surface area contributed by atoms with E-state index >= 15 is 0 Å². The van der Waals surface area contributed by atoms with Gasteiger partial charge in [-0.1, -0.05) is 24.8 Å². The first-order valence-electron chi connectivity index (χ1n) is 6.30. The molecule has 2 rings (SSSR count). The normalized spacial score (nSPS) is 12.8. The molecule has 0 spiro atoms. The Morgan fingerprint density at radius 2 is 2.28 bits per heavy atom. The highest BCUT2D eigenvalue weighted by molar-refractivity contribution is 7.05. The van der Waals surface area contributed by atoms with Crippen molar-refractivity contribution in [3.8, 4) is 0 Å². The second-order valence-electron chi connectivity index (χ2n) is 4.20. The summed E-state index contributed by atoms with van der Waals surface area (Å²) in [5.74, 6) is 0. The topological polar surface area (TPSA) is 55.6 Å². The quantitative estimate of drug-likeness (QED) is 0.867. The summed E-state index contributed by atoms with van der Waals surface area (Å²) in [4.78, 5) is 1.21.